The van der Waals surface area contributed by atoms with Gasteiger partial charge in [-0.25, -0.2) is 0 Å². The van der Waals surface area contributed by atoms with Crippen molar-refractivity contribution >= 4 is 0 Å². The van der Waals surface area contributed by atoms with Gasteiger partial charge in [-0.05, 0) is 0 Å². The molecule has 0 nitrogen and oxygen atoms in total. The van der Waals surface area contributed by atoms with Crippen molar-refractivity contribution < 1.29 is 17.4 Å². The van der Waals surface area contributed by atoms with Gasteiger partial charge < -0.3 is 14.9 Å². The predicted octanol–water partition coefficient (Wildman–Crippen LogP) is 4.80. The Bertz CT molecular complexity index is 38.3. The van der Waals surface area contributed by atoms with Gasteiger partial charge in [0.1, 0.15) is 0 Å². The van der Waals surface area contributed by atoms with E-state index < -0.39 is 0 Å². The van der Waals surface area contributed by atoms with Gasteiger partial charge in [0.15, 0.2) is 0 Å². The third-order valence-electron chi connectivity index (χ3n) is 2.50. The average molecular weight is 222 g/mol. The molecule has 0 saturated heterocycles. The summed E-state index contributed by atoms with van der Waals surface area (Å²) in [5, 5.41) is 0. The second-order valence-corrected chi connectivity index (χ2v) is 3.54. The van der Waals surface area contributed by atoms with Crippen LogP contribution in [-0.2, 0) is 17.4 Å². The summed E-state index contributed by atoms with van der Waals surface area (Å²) in [4.78, 5) is 0. The predicted molar refractivity (Wildman–Crippen MR) is 59.0 cm³/mol. The zero-order valence-electron chi connectivity index (χ0n) is 9.48. The van der Waals surface area contributed by atoms with Crippen molar-refractivity contribution in [1.82, 2.24) is 0 Å². The van der Waals surface area contributed by atoms with Crippen LogP contribution in [0.4, 0.5) is 0 Å². The van der Waals surface area contributed by atoms with Gasteiger partial charge in [0, 0.05) is 0 Å². The Morgan fingerprint density at radius 3 is 0.462 bits per heavy atom. The Labute approximate surface area is 96.6 Å². The first kappa shape index (κ1) is 19.2. The molecule has 0 unspecified atom stereocenters. The molecule has 0 heterocycles. The molecular weight excluding hydrogens is 196 g/mol. The van der Waals surface area contributed by atoms with Crippen LogP contribution in [0.5, 0.6) is 0 Å². The van der Waals surface area contributed by atoms with E-state index in [4.69, 9.17) is 0 Å². The topological polar surface area (TPSA) is 0 Å². The summed E-state index contributed by atoms with van der Waals surface area (Å²) >= 11 is 0. The van der Waals surface area contributed by atoms with Crippen LogP contribution >= 0.6 is 0 Å². The molecule has 0 aromatic rings. The first-order valence-electron chi connectivity index (χ1n) is 5.00. The van der Waals surface area contributed by atoms with Gasteiger partial charge in [-0.15, -0.1) is 0 Å². The third-order valence-corrected chi connectivity index (χ3v) is 2.50. The van der Waals surface area contributed by atoms with E-state index in [0.717, 1.165) is 0 Å². The maximum absolute atomic E-state index is 1.50. The standard InChI is InChI=1S/2C5H10.2CH3.Cr/c2*1-2-4-5-3-1;;;/h2*1-5H2;2*1H3;/q;;2*-1;+2. The molecule has 2 aliphatic rings. The summed E-state index contributed by atoms with van der Waals surface area (Å²) in [5.41, 5.74) is 0. The summed E-state index contributed by atoms with van der Waals surface area (Å²) in [7, 11) is 0. The second kappa shape index (κ2) is 15.0. The Morgan fingerprint density at radius 1 is 0.308 bits per heavy atom. The molecule has 0 aromatic carbocycles. The van der Waals surface area contributed by atoms with E-state index in [1.165, 1.54) is 64.2 Å². The van der Waals surface area contributed by atoms with Crippen LogP contribution in [0.2, 0.25) is 0 Å². The largest absolute Gasteiger partial charge is 2.00 e. The van der Waals surface area contributed by atoms with Crippen LogP contribution in [0.3, 0.4) is 0 Å². The van der Waals surface area contributed by atoms with Crippen molar-refractivity contribution in [2.75, 3.05) is 0 Å². The van der Waals surface area contributed by atoms with Gasteiger partial charge in [-0.3, -0.25) is 0 Å². The van der Waals surface area contributed by atoms with Gasteiger partial charge in [0.2, 0.25) is 0 Å². The second-order valence-electron chi connectivity index (χ2n) is 3.54. The maximum atomic E-state index is 1.50. The van der Waals surface area contributed by atoms with E-state index >= 15 is 0 Å². The van der Waals surface area contributed by atoms with Crippen molar-refractivity contribution in [3.05, 3.63) is 14.9 Å². The molecule has 2 rings (SSSR count). The molecule has 0 aromatic heterocycles. The molecule has 0 spiro atoms. The number of hydrogen-bond acceptors (Lipinski definition) is 0. The number of rotatable bonds is 0. The zero-order chi connectivity index (χ0) is 7.07. The molecule has 0 radical (unpaired) electrons. The van der Waals surface area contributed by atoms with Crippen LogP contribution in [0.25, 0.3) is 0 Å². The minimum Gasteiger partial charge on any atom is -0.358 e. The normalized spacial score (nSPS) is 18.5. The molecule has 80 valence electrons. The third kappa shape index (κ3) is 12.5. The van der Waals surface area contributed by atoms with Crippen molar-refractivity contribution in [2.24, 2.45) is 0 Å². The Morgan fingerprint density at radius 2 is 0.385 bits per heavy atom. The Balaban J connectivity index is -0.000000125. The Kier molecular flexibility index (Phi) is 22.1. The fourth-order valence-electron chi connectivity index (χ4n) is 1.77. The quantitative estimate of drug-likeness (QED) is 0.516. The minimum atomic E-state index is 0. The SMILES string of the molecule is C1CCCC1.C1CCCC1.[CH3-].[CH3-].[Cr+2]. The van der Waals surface area contributed by atoms with E-state index in [0.29, 0.717) is 0 Å². The van der Waals surface area contributed by atoms with Gasteiger partial charge in [-0.1, -0.05) is 64.2 Å². The van der Waals surface area contributed by atoms with Gasteiger partial charge in [0.25, 0.3) is 0 Å². The van der Waals surface area contributed by atoms with E-state index in [2.05, 4.69) is 0 Å². The minimum absolute atomic E-state index is 0. The Hall–Kier alpha value is 0.532. The summed E-state index contributed by atoms with van der Waals surface area (Å²) in [6.45, 7) is 0. The van der Waals surface area contributed by atoms with E-state index in [1.807, 2.05) is 0 Å². The molecule has 2 saturated carbocycles. The molecule has 0 aliphatic heterocycles. The summed E-state index contributed by atoms with van der Waals surface area (Å²) in [6, 6.07) is 0. The zero-order valence-corrected chi connectivity index (χ0v) is 10.8. The fourth-order valence-corrected chi connectivity index (χ4v) is 1.77. The number of hydrogen-bond donors (Lipinski definition) is 0. The average Bonchev–Trinajstić information content (AvgIpc) is 2.67. The molecular formula is C12H26Cr. The van der Waals surface area contributed by atoms with Gasteiger partial charge in [0.05, 0.1) is 0 Å². The van der Waals surface area contributed by atoms with Crippen molar-refractivity contribution in [1.29, 1.82) is 0 Å². The molecule has 0 atom stereocenters. The summed E-state index contributed by atoms with van der Waals surface area (Å²) in [6.07, 6.45) is 15.0. The first-order chi connectivity index (χ1) is 5.00. The molecule has 2 fully saturated rings. The smallest absolute Gasteiger partial charge is 0.358 e. The summed E-state index contributed by atoms with van der Waals surface area (Å²) in [5.74, 6) is 0. The molecule has 1 heteroatoms. The van der Waals surface area contributed by atoms with Crippen LogP contribution in [-0.4, -0.2) is 0 Å². The maximum Gasteiger partial charge on any atom is 2.00 e. The molecule has 0 bridgehead atoms. The molecule has 0 N–H and O–H groups in total. The van der Waals surface area contributed by atoms with Crippen LogP contribution in [0.1, 0.15) is 64.2 Å². The monoisotopic (exact) mass is 222 g/mol. The molecule has 13 heavy (non-hydrogen) atoms. The van der Waals surface area contributed by atoms with E-state index in [-0.39, 0.29) is 32.2 Å². The first-order valence-corrected chi connectivity index (χ1v) is 5.00. The summed E-state index contributed by atoms with van der Waals surface area (Å²) < 4.78 is 0. The van der Waals surface area contributed by atoms with Gasteiger partial charge in [-0.2, -0.15) is 0 Å². The van der Waals surface area contributed by atoms with Gasteiger partial charge >= 0.3 is 17.4 Å². The molecule has 2 aliphatic carbocycles. The van der Waals surface area contributed by atoms with Crippen LogP contribution in [0.15, 0.2) is 0 Å². The van der Waals surface area contributed by atoms with Crippen molar-refractivity contribution in [3.8, 4) is 0 Å². The van der Waals surface area contributed by atoms with E-state index in [9.17, 15) is 0 Å². The fraction of sp³-hybridized carbons (Fsp3) is 0.833. The van der Waals surface area contributed by atoms with Crippen molar-refractivity contribution in [3.63, 3.8) is 0 Å². The van der Waals surface area contributed by atoms with Crippen LogP contribution in [0, 0.1) is 14.9 Å². The van der Waals surface area contributed by atoms with Crippen molar-refractivity contribution in [2.45, 2.75) is 64.2 Å². The van der Waals surface area contributed by atoms with E-state index in [1.54, 1.807) is 0 Å². The van der Waals surface area contributed by atoms with Crippen LogP contribution < -0.4 is 0 Å². The molecule has 0 amide bonds.